The number of hydrogen-bond acceptors (Lipinski definition) is 3. The van der Waals surface area contributed by atoms with E-state index in [4.69, 9.17) is 27.9 Å². The van der Waals surface area contributed by atoms with E-state index in [0.29, 0.717) is 21.4 Å². The lowest BCUT2D eigenvalue weighted by Gasteiger charge is -2.11. The molecule has 0 aliphatic carbocycles. The zero-order valence-electron chi connectivity index (χ0n) is 12.3. The second-order valence-electron chi connectivity index (χ2n) is 4.56. The zero-order chi connectivity index (χ0) is 16.8. The summed E-state index contributed by atoms with van der Waals surface area (Å²) >= 11 is 13.8. The average Bonchev–Trinajstić information content (AvgIpc) is 2.52. The molecular weight excluding hydrogens is 355 g/mol. The van der Waals surface area contributed by atoms with Gasteiger partial charge in [-0.3, -0.25) is 0 Å². The highest BCUT2D eigenvalue weighted by Crippen LogP contribution is 2.35. The molecule has 0 amide bonds. The largest absolute Gasteiger partial charge is 0.503 e. The minimum absolute atomic E-state index is 0.0980. The first-order valence-electron chi connectivity index (χ1n) is 6.66. The normalized spacial score (nSPS) is 11.3. The number of halogens is 2. The Balaban J connectivity index is 2.31. The van der Waals surface area contributed by atoms with Crippen LogP contribution in [-0.2, 0) is 15.3 Å². The van der Waals surface area contributed by atoms with Crippen LogP contribution in [0.25, 0.3) is 5.57 Å². The molecule has 2 rings (SSSR count). The Hall–Kier alpha value is -1.62. The minimum Gasteiger partial charge on any atom is -0.503 e. The number of carbonyl (C=O) groups is 1. The Morgan fingerprint density at radius 2 is 1.83 bits per heavy atom. The molecule has 0 unspecified atom stereocenters. The number of methoxy groups -OCH3 is 1. The maximum absolute atomic E-state index is 11.4. The quantitative estimate of drug-likeness (QED) is 0.423. The number of ether oxygens (including phenoxy) is 1. The van der Waals surface area contributed by atoms with Gasteiger partial charge in [-0.15, -0.1) is 11.8 Å². The van der Waals surface area contributed by atoms with Gasteiger partial charge in [-0.1, -0.05) is 47.5 Å². The van der Waals surface area contributed by atoms with Crippen molar-refractivity contribution < 1.29 is 14.6 Å². The van der Waals surface area contributed by atoms with Crippen molar-refractivity contribution in [2.45, 2.75) is 10.6 Å². The van der Waals surface area contributed by atoms with Gasteiger partial charge in [0.05, 0.1) is 13.4 Å². The second-order valence-corrected chi connectivity index (χ2v) is 6.39. The molecule has 0 radical (unpaired) electrons. The van der Waals surface area contributed by atoms with E-state index >= 15 is 0 Å². The van der Waals surface area contributed by atoms with Gasteiger partial charge in [0.1, 0.15) is 5.57 Å². The Morgan fingerprint density at radius 1 is 1.17 bits per heavy atom. The number of carboxylic acid groups (broad SMARTS) is 1. The molecule has 0 bridgehead atoms. The third-order valence-electron chi connectivity index (χ3n) is 3.08. The molecule has 0 atom stereocenters. The van der Waals surface area contributed by atoms with Gasteiger partial charge >= 0.3 is 5.97 Å². The van der Waals surface area contributed by atoms with Crippen molar-refractivity contribution >= 4 is 46.5 Å². The minimum atomic E-state index is -1.05. The summed E-state index contributed by atoms with van der Waals surface area (Å²) in [4.78, 5) is 12.2. The van der Waals surface area contributed by atoms with Gasteiger partial charge in [0, 0.05) is 26.3 Å². The molecule has 0 aliphatic heterocycles. The summed E-state index contributed by atoms with van der Waals surface area (Å²) in [5.41, 5.74) is 1.51. The topological polar surface area (TPSA) is 46.5 Å². The summed E-state index contributed by atoms with van der Waals surface area (Å²) in [6.07, 6.45) is 1.23. The first-order chi connectivity index (χ1) is 11.0. The summed E-state index contributed by atoms with van der Waals surface area (Å²) < 4.78 is 4.88. The van der Waals surface area contributed by atoms with Crippen LogP contribution in [0.15, 0.2) is 53.6 Å². The molecular formula is C17H14Cl2O3S. The van der Waals surface area contributed by atoms with E-state index in [-0.39, 0.29) is 5.57 Å². The molecule has 0 aromatic heterocycles. The fourth-order valence-corrected chi connectivity index (χ4v) is 3.79. The van der Waals surface area contributed by atoms with Crippen LogP contribution in [0.2, 0.25) is 10.0 Å². The lowest BCUT2D eigenvalue weighted by Crippen LogP contribution is -2.02. The van der Waals surface area contributed by atoms with Gasteiger partial charge < -0.3 is 9.84 Å². The number of carboxylic acids is 1. The molecule has 0 heterocycles. The molecule has 0 spiro atoms. The van der Waals surface area contributed by atoms with Gasteiger partial charge in [0.15, 0.2) is 0 Å². The van der Waals surface area contributed by atoms with E-state index in [9.17, 15) is 9.90 Å². The predicted octanol–water partition coefficient (Wildman–Crippen LogP) is 5.36. The number of benzene rings is 2. The highest BCUT2D eigenvalue weighted by atomic mass is 35.5. The molecule has 0 aliphatic rings. The van der Waals surface area contributed by atoms with E-state index in [1.807, 2.05) is 12.1 Å². The van der Waals surface area contributed by atoms with Crippen molar-refractivity contribution in [1.29, 1.82) is 0 Å². The van der Waals surface area contributed by atoms with E-state index < -0.39 is 5.97 Å². The van der Waals surface area contributed by atoms with Gasteiger partial charge in [-0.05, 0) is 23.8 Å². The predicted molar refractivity (Wildman–Crippen MR) is 95.1 cm³/mol. The highest BCUT2D eigenvalue weighted by Gasteiger charge is 2.16. The zero-order valence-corrected chi connectivity index (χ0v) is 14.6. The molecule has 6 heteroatoms. The average molecular weight is 369 g/mol. The molecule has 120 valence electrons. The van der Waals surface area contributed by atoms with Gasteiger partial charge in [-0.2, -0.15) is 0 Å². The summed E-state index contributed by atoms with van der Waals surface area (Å²) in [5, 5.41) is 10.5. The molecule has 2 aromatic carbocycles. The van der Waals surface area contributed by atoms with Crippen molar-refractivity contribution in [1.82, 2.24) is 0 Å². The van der Waals surface area contributed by atoms with Gasteiger partial charge in [-0.25, -0.2) is 4.79 Å². The van der Waals surface area contributed by atoms with Crippen LogP contribution in [-0.4, -0.2) is 18.2 Å². The lowest BCUT2D eigenvalue weighted by molar-refractivity contribution is -0.130. The third-order valence-corrected chi connectivity index (χ3v) is 4.89. The molecule has 1 N–H and O–H groups in total. The fourth-order valence-electron chi connectivity index (χ4n) is 1.98. The second kappa shape index (κ2) is 8.29. The van der Waals surface area contributed by atoms with Crippen molar-refractivity contribution in [3.05, 3.63) is 69.9 Å². The molecule has 3 nitrogen and oxygen atoms in total. The standard InChI is InChI=1S/C17H14Cl2O3S/c1-22-9-12(17(20)21)11-5-2-3-8-16(11)23-10-13-14(18)6-4-7-15(13)19/h2-9H,10H2,1H3,(H,20,21)/b12-9+. The number of hydrogen-bond donors (Lipinski definition) is 1. The van der Waals surface area contributed by atoms with E-state index in [1.54, 1.807) is 30.3 Å². The Bertz CT molecular complexity index is 724. The SMILES string of the molecule is CO/C=C(/C(=O)O)c1ccccc1SCc1c(Cl)cccc1Cl. The monoisotopic (exact) mass is 368 g/mol. The van der Waals surface area contributed by atoms with Crippen molar-refractivity contribution in [2.75, 3.05) is 7.11 Å². The molecule has 23 heavy (non-hydrogen) atoms. The molecule has 0 saturated carbocycles. The first-order valence-corrected chi connectivity index (χ1v) is 8.40. The Morgan fingerprint density at radius 3 is 2.43 bits per heavy atom. The highest BCUT2D eigenvalue weighted by molar-refractivity contribution is 7.98. The Kier molecular flexibility index (Phi) is 6.39. The van der Waals surface area contributed by atoms with Crippen molar-refractivity contribution in [2.24, 2.45) is 0 Å². The van der Waals surface area contributed by atoms with E-state index in [0.717, 1.165) is 10.5 Å². The van der Waals surface area contributed by atoms with Gasteiger partial charge in [0.25, 0.3) is 0 Å². The lowest BCUT2D eigenvalue weighted by atomic mass is 10.1. The summed E-state index contributed by atoms with van der Waals surface area (Å²) in [6.45, 7) is 0. The third kappa shape index (κ3) is 4.44. The maximum atomic E-state index is 11.4. The molecule has 0 saturated heterocycles. The Labute approximate surface area is 148 Å². The summed E-state index contributed by atoms with van der Waals surface area (Å²) in [6, 6.07) is 12.6. The maximum Gasteiger partial charge on any atom is 0.339 e. The van der Waals surface area contributed by atoms with Crippen LogP contribution < -0.4 is 0 Å². The fraction of sp³-hybridized carbons (Fsp3) is 0.118. The number of rotatable bonds is 6. The smallest absolute Gasteiger partial charge is 0.339 e. The van der Waals surface area contributed by atoms with Crippen molar-refractivity contribution in [3.8, 4) is 0 Å². The van der Waals surface area contributed by atoms with E-state index in [1.165, 1.54) is 25.1 Å². The van der Waals surface area contributed by atoms with E-state index in [2.05, 4.69) is 0 Å². The van der Waals surface area contributed by atoms with Crippen LogP contribution in [0.1, 0.15) is 11.1 Å². The number of thioether (sulfide) groups is 1. The molecule has 2 aromatic rings. The van der Waals surface area contributed by atoms with Crippen molar-refractivity contribution in [3.63, 3.8) is 0 Å². The summed E-state index contributed by atoms with van der Waals surface area (Å²) in [7, 11) is 1.42. The van der Waals surface area contributed by atoms with Gasteiger partial charge in [0.2, 0.25) is 0 Å². The summed E-state index contributed by atoms with van der Waals surface area (Å²) in [5.74, 6) is -0.509. The van der Waals surface area contributed by atoms with Crippen LogP contribution in [0.4, 0.5) is 0 Å². The first kappa shape index (κ1) is 17.7. The van der Waals surface area contributed by atoms with Crippen LogP contribution >= 0.6 is 35.0 Å². The van der Waals surface area contributed by atoms with Crippen LogP contribution in [0.3, 0.4) is 0 Å². The van der Waals surface area contributed by atoms with Crippen LogP contribution in [0.5, 0.6) is 0 Å². The molecule has 0 fully saturated rings. The number of aliphatic carboxylic acids is 1. The van der Waals surface area contributed by atoms with Crippen LogP contribution in [0, 0.1) is 0 Å².